The minimum Gasteiger partial charge on any atom is -0.290 e. The van der Waals surface area contributed by atoms with Crippen LogP contribution in [0.25, 0.3) is 0 Å². The molecular weight excluding hydrogens is 296 g/mol. The van der Waals surface area contributed by atoms with E-state index in [0.29, 0.717) is 5.69 Å². The van der Waals surface area contributed by atoms with Crippen molar-refractivity contribution < 1.29 is 12.8 Å². The van der Waals surface area contributed by atoms with E-state index in [9.17, 15) is 8.42 Å². The molecule has 8 heteroatoms. The van der Waals surface area contributed by atoms with E-state index in [-0.39, 0.29) is 10.9 Å². The predicted octanol–water partition coefficient (Wildman–Crippen LogP) is -0.459. The normalized spacial score (nSPS) is 11.6. The Morgan fingerprint density at radius 1 is 1.20 bits per heavy atom. The number of hydrogen-bond donors (Lipinski definition) is 3. The van der Waals surface area contributed by atoms with Gasteiger partial charge in [-0.2, -0.15) is 12.8 Å². The van der Waals surface area contributed by atoms with Gasteiger partial charge in [0.1, 0.15) is 4.90 Å². The molecule has 0 spiro atoms. The van der Waals surface area contributed by atoms with Crippen molar-refractivity contribution in [2.24, 2.45) is 16.5 Å². The number of aliphatic imine (C=N–C) groups is 1. The van der Waals surface area contributed by atoms with E-state index >= 15 is 0 Å². The molecule has 0 unspecified atom stereocenters. The number of sulfonamides is 1. The van der Waals surface area contributed by atoms with Crippen LogP contribution in [0.2, 0.25) is 0 Å². The Balaban J connectivity index is 2.21. The molecule has 0 saturated carbocycles. The fourth-order valence-electron chi connectivity index (χ4n) is 1.43. The number of thiophene rings is 1. The van der Waals surface area contributed by atoms with Crippen LogP contribution in [0.1, 0.15) is 4.88 Å². The SMILES string of the molecule is NC(N)=[NH+]S(=O)(=O)c1ccc(N=Cc2cccs2)cc1. The third-order valence-corrected chi connectivity index (χ3v) is 4.49. The second-order valence-corrected chi connectivity index (χ2v) is 6.49. The van der Waals surface area contributed by atoms with Gasteiger partial charge in [-0.15, -0.1) is 11.3 Å². The Morgan fingerprint density at radius 2 is 1.90 bits per heavy atom. The number of guanidine groups is 1. The van der Waals surface area contributed by atoms with Crippen LogP contribution in [-0.2, 0) is 10.0 Å². The first-order chi connectivity index (χ1) is 9.47. The third kappa shape index (κ3) is 3.65. The second-order valence-electron chi connectivity index (χ2n) is 3.83. The number of rotatable bonds is 4. The molecule has 0 bridgehead atoms. The van der Waals surface area contributed by atoms with E-state index in [4.69, 9.17) is 11.5 Å². The van der Waals surface area contributed by atoms with Gasteiger partial charge in [-0.25, -0.2) is 0 Å². The van der Waals surface area contributed by atoms with Gasteiger partial charge in [0.15, 0.2) is 0 Å². The molecule has 0 fully saturated rings. The monoisotopic (exact) mass is 309 g/mol. The zero-order valence-electron chi connectivity index (χ0n) is 10.4. The van der Waals surface area contributed by atoms with Crippen LogP contribution in [0.3, 0.4) is 0 Å². The standard InChI is InChI=1S/C12H12N4O2S2/c13-12(14)16-20(17,18)11-5-3-9(4-6-11)15-8-10-2-1-7-19-10/h1-8H,(H4,13,14,16)/p+1. The maximum atomic E-state index is 11.8. The number of benzene rings is 1. The summed E-state index contributed by atoms with van der Waals surface area (Å²) in [6, 6.07) is 9.95. The van der Waals surface area contributed by atoms with Gasteiger partial charge >= 0.3 is 16.0 Å². The highest BCUT2D eigenvalue weighted by Gasteiger charge is 2.13. The van der Waals surface area contributed by atoms with Crippen molar-refractivity contribution >= 4 is 39.2 Å². The van der Waals surface area contributed by atoms with E-state index in [2.05, 4.69) is 4.99 Å². The van der Waals surface area contributed by atoms with E-state index < -0.39 is 10.0 Å². The van der Waals surface area contributed by atoms with Gasteiger partial charge in [0, 0.05) is 11.1 Å². The highest BCUT2D eigenvalue weighted by molar-refractivity contribution is 7.84. The lowest BCUT2D eigenvalue weighted by Gasteiger charge is -1.98. The van der Waals surface area contributed by atoms with Crippen molar-refractivity contribution in [2.75, 3.05) is 0 Å². The van der Waals surface area contributed by atoms with Crippen LogP contribution < -0.4 is 15.9 Å². The zero-order chi connectivity index (χ0) is 14.6. The van der Waals surface area contributed by atoms with Gasteiger partial charge in [0.25, 0.3) is 0 Å². The minimum atomic E-state index is -3.72. The summed E-state index contributed by atoms with van der Waals surface area (Å²) in [6.45, 7) is 0. The molecule has 2 aromatic rings. The molecule has 1 aromatic carbocycles. The topological polar surface area (TPSA) is 113 Å². The summed E-state index contributed by atoms with van der Waals surface area (Å²) >= 11 is 1.57. The molecular formula is C12H13N4O2S2+. The lowest BCUT2D eigenvalue weighted by molar-refractivity contribution is -0.270. The largest absolute Gasteiger partial charge is 0.353 e. The van der Waals surface area contributed by atoms with E-state index in [0.717, 1.165) is 4.88 Å². The van der Waals surface area contributed by atoms with Crippen molar-refractivity contribution in [1.82, 2.24) is 0 Å². The van der Waals surface area contributed by atoms with E-state index in [1.165, 1.54) is 12.1 Å². The highest BCUT2D eigenvalue weighted by Crippen LogP contribution is 2.15. The first-order valence-electron chi connectivity index (χ1n) is 5.56. The maximum absolute atomic E-state index is 11.8. The van der Waals surface area contributed by atoms with Crippen molar-refractivity contribution in [3.8, 4) is 0 Å². The van der Waals surface area contributed by atoms with Crippen LogP contribution in [0.5, 0.6) is 0 Å². The molecule has 0 atom stereocenters. The third-order valence-electron chi connectivity index (χ3n) is 2.28. The smallest absolute Gasteiger partial charge is 0.290 e. The molecule has 6 nitrogen and oxygen atoms in total. The second kappa shape index (κ2) is 5.85. The van der Waals surface area contributed by atoms with Gasteiger partial charge in [-0.1, -0.05) is 6.07 Å². The molecule has 0 aliphatic rings. The highest BCUT2D eigenvalue weighted by atomic mass is 32.2. The Hall–Kier alpha value is -2.19. The first-order valence-corrected chi connectivity index (χ1v) is 7.92. The maximum Gasteiger partial charge on any atom is 0.353 e. The van der Waals surface area contributed by atoms with Gasteiger partial charge in [-0.05, 0) is 35.7 Å². The summed E-state index contributed by atoms with van der Waals surface area (Å²) in [4.78, 5) is 5.34. The number of nitrogens with one attached hydrogen (secondary N) is 1. The molecule has 1 aromatic heterocycles. The molecule has 5 N–H and O–H groups in total. The van der Waals surface area contributed by atoms with Crippen LogP contribution in [-0.4, -0.2) is 20.6 Å². The van der Waals surface area contributed by atoms with Crippen LogP contribution in [0.15, 0.2) is 51.7 Å². The van der Waals surface area contributed by atoms with E-state index in [1.54, 1.807) is 29.7 Å². The Bertz CT molecular complexity index is 728. The van der Waals surface area contributed by atoms with Gasteiger partial charge in [0.2, 0.25) is 0 Å². The Kier molecular flexibility index (Phi) is 4.16. The fourth-order valence-corrected chi connectivity index (χ4v) is 2.94. The Labute approximate surface area is 120 Å². The molecule has 104 valence electrons. The Morgan fingerprint density at radius 3 is 2.45 bits per heavy atom. The molecule has 0 aliphatic heterocycles. The molecule has 20 heavy (non-hydrogen) atoms. The summed E-state index contributed by atoms with van der Waals surface area (Å²) in [5.41, 5.74) is 10.9. The van der Waals surface area contributed by atoms with Gasteiger partial charge < -0.3 is 0 Å². The first kappa shape index (κ1) is 14.2. The summed E-state index contributed by atoms with van der Waals surface area (Å²) in [7, 11) is -3.72. The molecule has 0 radical (unpaired) electrons. The van der Waals surface area contributed by atoms with Crippen molar-refractivity contribution in [3.05, 3.63) is 46.7 Å². The summed E-state index contributed by atoms with van der Waals surface area (Å²) in [6.07, 6.45) is 1.72. The van der Waals surface area contributed by atoms with Crippen LogP contribution in [0, 0.1) is 0 Å². The fraction of sp³-hybridized carbons (Fsp3) is 0. The van der Waals surface area contributed by atoms with Crippen LogP contribution >= 0.6 is 11.3 Å². The summed E-state index contributed by atoms with van der Waals surface area (Å²) < 4.78 is 25.6. The summed E-state index contributed by atoms with van der Waals surface area (Å²) in [5.74, 6) is -0.371. The summed E-state index contributed by atoms with van der Waals surface area (Å²) in [5, 5.41) is 1.95. The van der Waals surface area contributed by atoms with Gasteiger partial charge in [0.05, 0.1) is 5.69 Å². The number of hydrogen-bond acceptors (Lipinski definition) is 4. The molecule has 0 amide bonds. The average Bonchev–Trinajstić information content (AvgIpc) is 2.88. The van der Waals surface area contributed by atoms with Gasteiger partial charge in [-0.3, -0.25) is 16.5 Å². The lowest BCUT2D eigenvalue weighted by Crippen LogP contribution is -2.80. The van der Waals surface area contributed by atoms with Crippen molar-refractivity contribution in [1.29, 1.82) is 0 Å². The zero-order valence-corrected chi connectivity index (χ0v) is 12.0. The van der Waals surface area contributed by atoms with Crippen molar-refractivity contribution in [3.63, 3.8) is 0 Å². The number of nitrogens with zero attached hydrogens (tertiary/aromatic N) is 1. The van der Waals surface area contributed by atoms with E-state index in [1.807, 2.05) is 21.9 Å². The average molecular weight is 309 g/mol. The van der Waals surface area contributed by atoms with Crippen molar-refractivity contribution in [2.45, 2.75) is 4.90 Å². The quantitative estimate of drug-likeness (QED) is 0.524. The number of nitrogens with two attached hydrogens (primary N) is 2. The lowest BCUT2D eigenvalue weighted by atomic mass is 10.3. The molecule has 0 aliphatic carbocycles. The minimum absolute atomic E-state index is 0.0703. The molecule has 0 saturated heterocycles. The molecule has 2 rings (SSSR count). The molecule has 1 heterocycles. The van der Waals surface area contributed by atoms with Crippen LogP contribution in [0.4, 0.5) is 5.69 Å². The predicted molar refractivity (Wildman–Crippen MR) is 79.5 cm³/mol.